The van der Waals surface area contributed by atoms with Gasteiger partial charge in [-0.3, -0.25) is 19.8 Å². The molecule has 5 aliphatic rings. The van der Waals surface area contributed by atoms with Gasteiger partial charge in [0.2, 0.25) is 0 Å². The van der Waals surface area contributed by atoms with Crippen LogP contribution in [0.5, 0.6) is 5.75 Å². The molecule has 41 heavy (non-hydrogen) atoms. The Bertz CT molecular complexity index is 1570. The first-order chi connectivity index (χ1) is 20.0. The van der Waals surface area contributed by atoms with Crippen LogP contribution < -0.4 is 9.64 Å². The van der Waals surface area contributed by atoms with Crippen molar-refractivity contribution in [3.05, 3.63) is 66.1 Å². The third-order valence-electron chi connectivity index (χ3n) is 9.45. The third-order valence-corrected chi connectivity index (χ3v) is 9.45. The van der Waals surface area contributed by atoms with Crippen molar-refractivity contribution in [1.29, 1.82) is 0 Å². The number of hydrogen-bond donors (Lipinski definition) is 1. The Morgan fingerprint density at radius 1 is 0.976 bits per heavy atom. The van der Waals surface area contributed by atoms with Gasteiger partial charge in [-0.25, -0.2) is 9.50 Å². The summed E-state index contributed by atoms with van der Waals surface area (Å²) in [4.78, 5) is 21.3. The van der Waals surface area contributed by atoms with E-state index in [4.69, 9.17) is 9.72 Å². The van der Waals surface area contributed by atoms with Gasteiger partial charge in [-0.05, 0) is 44.0 Å². The van der Waals surface area contributed by atoms with Crippen LogP contribution in [0.15, 0.2) is 49.2 Å². The van der Waals surface area contributed by atoms with Crippen LogP contribution in [0.4, 0.5) is 5.82 Å². The van der Waals surface area contributed by atoms with Gasteiger partial charge in [0.05, 0.1) is 35.4 Å². The molecule has 4 aromatic heterocycles. The largest absolute Gasteiger partial charge is 0.491 e. The molecule has 5 fully saturated rings. The molecule has 1 N–H and O–H groups in total. The van der Waals surface area contributed by atoms with Crippen molar-refractivity contribution in [1.82, 2.24) is 34.4 Å². The van der Waals surface area contributed by atoms with Gasteiger partial charge in [-0.1, -0.05) is 0 Å². The lowest BCUT2D eigenvalue weighted by Crippen LogP contribution is -2.69. The normalized spacial score (nSPS) is 27.2. The van der Waals surface area contributed by atoms with Crippen molar-refractivity contribution in [2.45, 2.75) is 45.0 Å². The zero-order valence-electron chi connectivity index (χ0n) is 23.6. The summed E-state index contributed by atoms with van der Waals surface area (Å²) in [5.41, 5.74) is 6.36. The van der Waals surface area contributed by atoms with E-state index in [1.54, 1.807) is 6.20 Å². The van der Waals surface area contributed by atoms with E-state index in [-0.39, 0.29) is 6.10 Å². The van der Waals surface area contributed by atoms with Gasteiger partial charge in [0, 0.05) is 92.9 Å². The molecule has 10 heteroatoms. The van der Waals surface area contributed by atoms with Crippen molar-refractivity contribution in [3.63, 3.8) is 0 Å². The Balaban J connectivity index is 0.956. The molecule has 0 radical (unpaired) electrons. The second-order valence-corrected chi connectivity index (χ2v) is 12.3. The van der Waals surface area contributed by atoms with Crippen LogP contribution in [0.25, 0.3) is 16.6 Å². The number of anilines is 1. The number of ether oxygens (including phenoxy) is 1. The lowest BCUT2D eigenvalue weighted by atomic mass is 9.87. The van der Waals surface area contributed by atoms with E-state index in [9.17, 15) is 5.11 Å². The molecule has 10 nitrogen and oxygen atoms in total. The highest BCUT2D eigenvalue weighted by Gasteiger charge is 2.54. The number of likely N-dealkylation sites (tertiary alicyclic amines) is 1. The molecule has 1 saturated carbocycles. The standard InChI is InChI=1S/C31H36N8O2/c1-19-9-34-38-16-25(41-6-5-36-17-27-28(18-36)31(27)40)8-26(30(19)38)21-3-4-29(33-11-21)39-23-7-24(39)15-37(14-23)13-22-12-32-10-20(2)35-22/h3-4,8-12,16,23-24,27-28,31,40H,5-7,13-15,17-18H2,1-2H3. The minimum atomic E-state index is -0.0741. The van der Waals surface area contributed by atoms with Crippen LogP contribution in [0.3, 0.4) is 0 Å². The highest BCUT2D eigenvalue weighted by Crippen LogP contribution is 2.45. The Labute approximate surface area is 239 Å². The SMILES string of the molecule is Cc1cncc(CN2CC3CC(C2)N3c2ccc(-c3cc(OCCN4CC5C(O)C5C4)cn4ncc(C)c34)cn2)n1. The minimum absolute atomic E-state index is 0.0741. The van der Waals surface area contributed by atoms with E-state index < -0.39 is 0 Å². The first-order valence-electron chi connectivity index (χ1n) is 14.8. The van der Waals surface area contributed by atoms with Crippen molar-refractivity contribution >= 4 is 11.3 Å². The summed E-state index contributed by atoms with van der Waals surface area (Å²) in [6, 6.07) is 7.43. The van der Waals surface area contributed by atoms with Crippen molar-refractivity contribution < 1.29 is 9.84 Å². The summed E-state index contributed by atoms with van der Waals surface area (Å²) in [6.07, 6.45) is 10.7. The highest BCUT2D eigenvalue weighted by molar-refractivity contribution is 5.83. The predicted molar refractivity (Wildman–Crippen MR) is 155 cm³/mol. The quantitative estimate of drug-likeness (QED) is 0.354. The number of aliphatic hydroxyl groups is 1. The van der Waals surface area contributed by atoms with E-state index in [0.717, 1.165) is 84.4 Å². The maximum Gasteiger partial charge on any atom is 0.138 e. The summed E-state index contributed by atoms with van der Waals surface area (Å²) < 4.78 is 8.13. The van der Waals surface area contributed by atoms with Gasteiger partial charge in [0.15, 0.2) is 0 Å². The maximum atomic E-state index is 9.80. The van der Waals surface area contributed by atoms with E-state index in [1.807, 2.05) is 36.2 Å². The molecule has 0 spiro atoms. The summed E-state index contributed by atoms with van der Waals surface area (Å²) in [7, 11) is 0. The fraction of sp³-hybridized carbons (Fsp3) is 0.484. The maximum absolute atomic E-state index is 9.80. The lowest BCUT2D eigenvalue weighted by molar-refractivity contribution is 0.106. The molecule has 4 atom stereocenters. The van der Waals surface area contributed by atoms with Crippen molar-refractivity contribution in [2.24, 2.45) is 11.8 Å². The second kappa shape index (κ2) is 9.75. The topological polar surface area (TPSA) is 95.2 Å². The van der Waals surface area contributed by atoms with Gasteiger partial charge < -0.3 is 14.7 Å². The van der Waals surface area contributed by atoms with Crippen LogP contribution in [-0.4, -0.2) is 97.0 Å². The third kappa shape index (κ3) is 4.54. The number of fused-ring (bicyclic) bond motifs is 4. The van der Waals surface area contributed by atoms with Crippen molar-refractivity contribution in [3.8, 4) is 16.9 Å². The number of aryl methyl sites for hydroxylation is 2. The molecule has 4 aromatic rings. The Hall–Kier alpha value is -3.60. The summed E-state index contributed by atoms with van der Waals surface area (Å²) >= 11 is 0. The molecule has 8 heterocycles. The van der Waals surface area contributed by atoms with E-state index >= 15 is 0 Å². The number of aliphatic hydroxyl groups excluding tert-OH is 1. The van der Waals surface area contributed by atoms with Crippen LogP contribution in [0.1, 0.15) is 23.4 Å². The van der Waals surface area contributed by atoms with E-state index in [2.05, 4.69) is 54.9 Å². The zero-order valence-corrected chi connectivity index (χ0v) is 23.6. The molecule has 9 rings (SSSR count). The Morgan fingerprint density at radius 3 is 2.56 bits per heavy atom. The molecule has 4 saturated heterocycles. The first kappa shape index (κ1) is 25.1. The number of nitrogens with zero attached hydrogens (tertiary/aromatic N) is 8. The average Bonchev–Trinajstić information content (AvgIpc) is 3.27. The fourth-order valence-corrected chi connectivity index (χ4v) is 7.33. The molecular weight excluding hydrogens is 516 g/mol. The number of aromatic nitrogens is 5. The Kier molecular flexibility index (Phi) is 5.98. The van der Waals surface area contributed by atoms with E-state index in [0.29, 0.717) is 30.5 Å². The van der Waals surface area contributed by atoms with E-state index in [1.165, 1.54) is 6.42 Å². The van der Waals surface area contributed by atoms with Gasteiger partial charge in [0.25, 0.3) is 0 Å². The van der Waals surface area contributed by atoms with Gasteiger partial charge in [-0.15, -0.1) is 0 Å². The highest BCUT2D eigenvalue weighted by atomic mass is 16.5. The summed E-state index contributed by atoms with van der Waals surface area (Å²) in [6.45, 7) is 10.4. The molecule has 4 aliphatic heterocycles. The summed E-state index contributed by atoms with van der Waals surface area (Å²) in [5.74, 6) is 2.81. The lowest BCUT2D eigenvalue weighted by Gasteiger charge is -2.57. The van der Waals surface area contributed by atoms with Crippen LogP contribution in [0, 0.1) is 25.7 Å². The smallest absolute Gasteiger partial charge is 0.138 e. The predicted octanol–water partition coefficient (Wildman–Crippen LogP) is 2.57. The number of piperazine rings is 1. The molecule has 1 aliphatic carbocycles. The zero-order chi connectivity index (χ0) is 27.7. The van der Waals surface area contributed by atoms with Gasteiger partial charge in [0.1, 0.15) is 18.2 Å². The van der Waals surface area contributed by atoms with Crippen LogP contribution in [-0.2, 0) is 6.54 Å². The number of pyridine rings is 2. The molecule has 212 valence electrons. The molecule has 0 amide bonds. The molecule has 0 aromatic carbocycles. The number of rotatable bonds is 8. The van der Waals surface area contributed by atoms with Gasteiger partial charge in [-0.2, -0.15) is 5.10 Å². The van der Waals surface area contributed by atoms with Crippen LogP contribution in [0.2, 0.25) is 0 Å². The Morgan fingerprint density at radius 2 is 1.80 bits per heavy atom. The van der Waals surface area contributed by atoms with Crippen LogP contribution >= 0.6 is 0 Å². The first-order valence-corrected chi connectivity index (χ1v) is 14.8. The number of piperidine rings is 2. The second-order valence-electron chi connectivity index (χ2n) is 12.3. The fourth-order valence-electron chi connectivity index (χ4n) is 7.33. The molecule has 4 unspecified atom stereocenters. The number of hydrogen-bond acceptors (Lipinski definition) is 9. The summed E-state index contributed by atoms with van der Waals surface area (Å²) in [5, 5.41) is 14.4. The molecule has 2 bridgehead atoms. The molecular formula is C31H36N8O2. The van der Waals surface area contributed by atoms with Crippen molar-refractivity contribution in [2.75, 3.05) is 44.2 Å². The monoisotopic (exact) mass is 552 g/mol. The average molecular weight is 553 g/mol. The minimum Gasteiger partial charge on any atom is -0.491 e. The van der Waals surface area contributed by atoms with Gasteiger partial charge >= 0.3 is 0 Å².